The van der Waals surface area contributed by atoms with Crippen LogP contribution >= 0.6 is 0 Å². The Labute approximate surface area is 158 Å². The normalized spacial score (nSPS) is 14.3. The average molecular weight is 376 g/mol. The van der Waals surface area contributed by atoms with Crippen molar-refractivity contribution in [2.75, 3.05) is 5.32 Å². The van der Waals surface area contributed by atoms with E-state index >= 15 is 0 Å². The van der Waals surface area contributed by atoms with E-state index in [9.17, 15) is 8.78 Å². The van der Waals surface area contributed by atoms with E-state index in [-0.39, 0.29) is 11.5 Å². The van der Waals surface area contributed by atoms with Crippen LogP contribution in [0, 0.1) is 12.3 Å². The number of aryl methyl sites for hydroxylation is 1. The van der Waals surface area contributed by atoms with Crippen LogP contribution in [0.2, 0.25) is 0 Å². The minimum Gasteiger partial charge on any atom is -0.404 e. The summed E-state index contributed by atoms with van der Waals surface area (Å²) in [6, 6.07) is 1.72. The van der Waals surface area contributed by atoms with Crippen LogP contribution in [0.15, 0.2) is 46.6 Å². The number of halogens is 2. The lowest BCUT2D eigenvalue weighted by atomic mass is 10.0. The molecule has 0 aliphatic rings. The number of nitrogens with two attached hydrogens (primary N) is 2. The minimum atomic E-state index is -2.67. The minimum absolute atomic E-state index is 0.166. The van der Waals surface area contributed by atoms with Gasteiger partial charge in [0.05, 0.1) is 5.71 Å². The zero-order valence-corrected chi connectivity index (χ0v) is 16.0. The van der Waals surface area contributed by atoms with Crippen LogP contribution in [-0.2, 0) is 0 Å². The van der Waals surface area contributed by atoms with Crippen molar-refractivity contribution in [2.24, 2.45) is 16.5 Å². The van der Waals surface area contributed by atoms with Crippen LogP contribution in [-0.4, -0.2) is 23.3 Å². The maximum absolute atomic E-state index is 12.9. The fourth-order valence-corrected chi connectivity index (χ4v) is 2.08. The van der Waals surface area contributed by atoms with Gasteiger partial charge in [0.25, 0.3) is 6.43 Å². The van der Waals surface area contributed by atoms with Gasteiger partial charge in [0.2, 0.25) is 0 Å². The highest BCUT2D eigenvalue weighted by molar-refractivity contribution is 6.08. The van der Waals surface area contributed by atoms with Crippen molar-refractivity contribution >= 4 is 23.3 Å². The van der Waals surface area contributed by atoms with Crippen LogP contribution in [0.25, 0.3) is 5.57 Å². The Morgan fingerprint density at radius 1 is 1.41 bits per heavy atom. The molecule has 6 N–H and O–H groups in total. The smallest absolute Gasteiger partial charge is 0.276 e. The van der Waals surface area contributed by atoms with Crippen molar-refractivity contribution in [1.29, 1.82) is 5.41 Å². The lowest BCUT2D eigenvalue weighted by molar-refractivity contribution is 0.225. The second-order valence-electron chi connectivity index (χ2n) is 5.95. The number of nitrogens with zero attached hydrogens (tertiary/aromatic N) is 2. The predicted molar refractivity (Wildman–Crippen MR) is 108 cm³/mol. The van der Waals surface area contributed by atoms with Crippen molar-refractivity contribution in [3.63, 3.8) is 0 Å². The van der Waals surface area contributed by atoms with Gasteiger partial charge in [0.1, 0.15) is 11.6 Å². The third-order valence-corrected chi connectivity index (χ3v) is 3.94. The molecule has 0 aromatic carbocycles. The lowest BCUT2D eigenvalue weighted by Gasteiger charge is -2.12. The van der Waals surface area contributed by atoms with Gasteiger partial charge < -0.3 is 22.2 Å². The number of allylic oxidation sites excluding steroid dienone is 3. The molecule has 0 aliphatic carbocycles. The first-order valence-electron chi connectivity index (χ1n) is 8.40. The molecule has 1 rings (SSSR count). The molecule has 0 fully saturated rings. The van der Waals surface area contributed by atoms with Crippen molar-refractivity contribution in [3.05, 3.63) is 52.8 Å². The quantitative estimate of drug-likeness (QED) is 0.406. The Morgan fingerprint density at radius 2 is 2.07 bits per heavy atom. The van der Waals surface area contributed by atoms with E-state index in [0.29, 0.717) is 22.7 Å². The SMILES string of the molecule is CC/C(C)=C(N)/C=C(\N=C(/C)C(F)F)Nc1cc(C)c(/C(C=N)=C/N)cn1. The number of aromatic nitrogens is 1. The Hall–Kier alpha value is -3.03. The summed E-state index contributed by atoms with van der Waals surface area (Å²) < 4.78 is 25.8. The molecule has 6 nitrogen and oxygen atoms in total. The van der Waals surface area contributed by atoms with E-state index in [0.717, 1.165) is 23.8 Å². The Morgan fingerprint density at radius 3 is 2.56 bits per heavy atom. The first-order valence-corrected chi connectivity index (χ1v) is 8.40. The highest BCUT2D eigenvalue weighted by atomic mass is 19.3. The van der Waals surface area contributed by atoms with Crippen molar-refractivity contribution in [1.82, 2.24) is 4.98 Å². The van der Waals surface area contributed by atoms with Crippen molar-refractivity contribution < 1.29 is 8.78 Å². The summed E-state index contributed by atoms with van der Waals surface area (Å²) in [5, 5.41) is 10.3. The monoisotopic (exact) mass is 376 g/mol. The van der Waals surface area contributed by atoms with E-state index in [1.807, 2.05) is 20.8 Å². The van der Waals surface area contributed by atoms with E-state index in [1.54, 1.807) is 12.3 Å². The van der Waals surface area contributed by atoms with Crippen molar-refractivity contribution in [3.8, 4) is 0 Å². The van der Waals surface area contributed by atoms with Gasteiger partial charge in [0, 0.05) is 41.5 Å². The first kappa shape index (κ1) is 22.0. The number of hydrogen-bond acceptors (Lipinski definition) is 6. The fourth-order valence-electron chi connectivity index (χ4n) is 2.08. The molecule has 146 valence electrons. The largest absolute Gasteiger partial charge is 0.404 e. The average Bonchev–Trinajstić information content (AvgIpc) is 2.63. The Balaban J connectivity index is 3.31. The molecule has 0 radical (unpaired) electrons. The third-order valence-electron chi connectivity index (χ3n) is 3.94. The van der Waals surface area contributed by atoms with Gasteiger partial charge in [0.15, 0.2) is 0 Å². The molecular formula is C19H26F2N6. The predicted octanol–water partition coefficient (Wildman–Crippen LogP) is 3.96. The van der Waals surface area contributed by atoms with E-state index < -0.39 is 6.43 Å². The molecule has 0 saturated heterocycles. The molecule has 0 saturated carbocycles. The van der Waals surface area contributed by atoms with Crippen LogP contribution < -0.4 is 16.8 Å². The van der Waals surface area contributed by atoms with Crippen LogP contribution in [0.4, 0.5) is 14.6 Å². The summed E-state index contributed by atoms with van der Waals surface area (Å²) in [6.45, 7) is 6.90. The van der Waals surface area contributed by atoms with E-state index in [2.05, 4.69) is 15.3 Å². The number of anilines is 1. The van der Waals surface area contributed by atoms with Gasteiger partial charge in [-0.15, -0.1) is 0 Å². The van der Waals surface area contributed by atoms with E-state index in [1.165, 1.54) is 19.2 Å². The molecule has 8 heteroatoms. The molecule has 0 spiro atoms. The van der Waals surface area contributed by atoms with Gasteiger partial charge in [-0.1, -0.05) is 12.5 Å². The summed E-state index contributed by atoms with van der Waals surface area (Å²) in [4.78, 5) is 8.20. The van der Waals surface area contributed by atoms with Crippen molar-refractivity contribution in [2.45, 2.75) is 40.5 Å². The summed E-state index contributed by atoms with van der Waals surface area (Å²) in [5.41, 5.74) is 14.6. The Kier molecular flexibility index (Phi) is 8.32. The molecule has 0 aliphatic heterocycles. The number of aliphatic imine (C=N–C) groups is 1. The zero-order chi connectivity index (χ0) is 20.6. The third kappa shape index (κ3) is 6.32. The van der Waals surface area contributed by atoms with Gasteiger partial charge in [-0.3, -0.25) is 0 Å². The highest BCUT2D eigenvalue weighted by Crippen LogP contribution is 2.20. The fraction of sp³-hybridized carbons (Fsp3) is 0.316. The molecule has 0 amide bonds. The van der Waals surface area contributed by atoms with Gasteiger partial charge in [-0.05, 0) is 38.8 Å². The molecule has 1 aromatic rings. The van der Waals surface area contributed by atoms with E-state index in [4.69, 9.17) is 16.9 Å². The van der Waals surface area contributed by atoms with Gasteiger partial charge in [-0.25, -0.2) is 18.8 Å². The Bertz CT molecular complexity index is 806. The summed E-state index contributed by atoms with van der Waals surface area (Å²) in [7, 11) is 0. The standard InChI is InChI=1S/C19H26F2N6/c1-5-11(2)16(24)7-18(26-13(4)19(20)21)27-17-6-12(3)15(10-25-17)14(8-22)9-23/h6-10,19,22H,5,23-24H2,1-4H3,(H,25,27)/b14-9+,16-11-,18-7+,22-8?,26-13+. The number of hydrogen-bond donors (Lipinski definition) is 4. The zero-order valence-electron chi connectivity index (χ0n) is 16.0. The summed E-state index contributed by atoms with van der Waals surface area (Å²) in [5.74, 6) is 0.580. The number of nitrogens with one attached hydrogen (secondary N) is 2. The summed E-state index contributed by atoms with van der Waals surface area (Å²) >= 11 is 0. The molecule has 27 heavy (non-hydrogen) atoms. The van der Waals surface area contributed by atoms with Crippen LogP contribution in [0.3, 0.4) is 0 Å². The van der Waals surface area contributed by atoms with Crippen LogP contribution in [0.1, 0.15) is 38.3 Å². The molecule has 1 aromatic heterocycles. The molecule has 0 atom stereocenters. The second kappa shape index (κ2) is 10.2. The maximum Gasteiger partial charge on any atom is 0.276 e. The molecule has 0 bridgehead atoms. The number of alkyl halides is 2. The lowest BCUT2D eigenvalue weighted by Crippen LogP contribution is -2.10. The summed E-state index contributed by atoms with van der Waals surface area (Å²) in [6.07, 6.45) is 3.59. The first-order chi connectivity index (χ1) is 12.7. The van der Waals surface area contributed by atoms with Crippen LogP contribution in [0.5, 0.6) is 0 Å². The number of rotatable bonds is 8. The topological polar surface area (TPSA) is 113 Å². The second-order valence-corrected chi connectivity index (χ2v) is 5.95. The van der Waals surface area contributed by atoms with Gasteiger partial charge in [-0.2, -0.15) is 0 Å². The number of pyridine rings is 1. The molecule has 1 heterocycles. The van der Waals surface area contributed by atoms with Gasteiger partial charge >= 0.3 is 0 Å². The molecular weight excluding hydrogens is 350 g/mol. The maximum atomic E-state index is 12.9. The molecule has 0 unspecified atom stereocenters. The highest BCUT2D eigenvalue weighted by Gasteiger charge is 2.10.